The fourth-order valence-electron chi connectivity index (χ4n) is 3.08. The molecule has 1 heterocycles. The minimum Gasteiger partial charge on any atom is -0.457 e. The Bertz CT molecular complexity index is 746. The molecule has 0 radical (unpaired) electrons. The van der Waals surface area contributed by atoms with Crippen LogP contribution >= 0.6 is 0 Å². The monoisotopic (exact) mass is 338 g/mol. The molecule has 0 spiro atoms. The van der Waals surface area contributed by atoms with Crippen molar-refractivity contribution in [2.75, 3.05) is 6.54 Å². The Labute approximate surface area is 147 Å². The van der Waals surface area contributed by atoms with Crippen LogP contribution in [0.2, 0.25) is 0 Å². The van der Waals surface area contributed by atoms with E-state index in [1.54, 1.807) is 4.90 Å². The van der Waals surface area contributed by atoms with Crippen molar-refractivity contribution in [2.45, 2.75) is 25.8 Å². The summed E-state index contributed by atoms with van der Waals surface area (Å²) in [6.45, 7) is 1.10. The van der Waals surface area contributed by atoms with E-state index in [9.17, 15) is 9.59 Å². The first-order valence-electron chi connectivity index (χ1n) is 8.53. The lowest BCUT2D eigenvalue weighted by atomic mass is 10.0. The quantitative estimate of drug-likeness (QED) is 0.852. The van der Waals surface area contributed by atoms with E-state index in [0.717, 1.165) is 29.9 Å². The summed E-state index contributed by atoms with van der Waals surface area (Å²) in [5.74, 6) is 0.0837. The van der Waals surface area contributed by atoms with Gasteiger partial charge in [-0.2, -0.15) is 0 Å². The molecule has 1 saturated heterocycles. The predicted molar refractivity (Wildman–Crippen MR) is 94.9 cm³/mol. The summed E-state index contributed by atoms with van der Waals surface area (Å²) >= 11 is 0. The van der Waals surface area contributed by atoms with Crippen molar-refractivity contribution in [3.05, 3.63) is 60.2 Å². The first-order valence-corrected chi connectivity index (χ1v) is 8.53. The van der Waals surface area contributed by atoms with Crippen LogP contribution in [0.1, 0.15) is 24.8 Å². The van der Waals surface area contributed by atoms with Gasteiger partial charge in [-0.25, -0.2) is 0 Å². The molecular formula is C20H22N2O3. The lowest BCUT2D eigenvalue weighted by Gasteiger charge is -2.23. The molecule has 0 saturated carbocycles. The average molecular weight is 338 g/mol. The van der Waals surface area contributed by atoms with Crippen molar-refractivity contribution in [3.8, 4) is 11.5 Å². The number of para-hydroxylation sites is 1. The van der Waals surface area contributed by atoms with Gasteiger partial charge < -0.3 is 15.4 Å². The molecule has 2 N–H and O–H groups in total. The second kappa shape index (κ2) is 7.83. The minimum absolute atomic E-state index is 0.167. The van der Waals surface area contributed by atoms with Crippen LogP contribution < -0.4 is 10.5 Å². The normalized spacial score (nSPS) is 17.8. The van der Waals surface area contributed by atoms with Crippen molar-refractivity contribution >= 4 is 11.8 Å². The number of likely N-dealkylation sites (tertiary alicyclic amines) is 1. The molecule has 5 nitrogen and oxygen atoms in total. The van der Waals surface area contributed by atoms with E-state index in [4.69, 9.17) is 10.5 Å². The SMILES string of the molecule is NC(=O)[C@@H]1CCCCN(Cc2cccc(Oc3ccccc3)c2)C1=O. The second-order valence-electron chi connectivity index (χ2n) is 6.27. The number of benzene rings is 2. The minimum atomic E-state index is -0.703. The molecule has 1 fully saturated rings. The molecule has 25 heavy (non-hydrogen) atoms. The second-order valence-corrected chi connectivity index (χ2v) is 6.27. The zero-order valence-corrected chi connectivity index (χ0v) is 14.1. The summed E-state index contributed by atoms with van der Waals surface area (Å²) < 4.78 is 5.84. The van der Waals surface area contributed by atoms with Crippen molar-refractivity contribution < 1.29 is 14.3 Å². The largest absolute Gasteiger partial charge is 0.457 e. The Kier molecular flexibility index (Phi) is 5.33. The highest BCUT2D eigenvalue weighted by Gasteiger charge is 2.30. The number of carbonyl (C=O) groups is 2. The number of rotatable bonds is 5. The van der Waals surface area contributed by atoms with Crippen molar-refractivity contribution in [2.24, 2.45) is 11.7 Å². The maximum absolute atomic E-state index is 12.6. The molecule has 0 bridgehead atoms. The molecular weight excluding hydrogens is 316 g/mol. The van der Waals surface area contributed by atoms with Gasteiger partial charge in [0.2, 0.25) is 11.8 Å². The summed E-state index contributed by atoms with van der Waals surface area (Å²) in [5.41, 5.74) is 6.35. The van der Waals surface area contributed by atoms with E-state index >= 15 is 0 Å². The van der Waals surface area contributed by atoms with Crippen LogP contribution in [0.5, 0.6) is 11.5 Å². The third-order valence-electron chi connectivity index (χ3n) is 4.37. The third-order valence-corrected chi connectivity index (χ3v) is 4.37. The van der Waals surface area contributed by atoms with Gasteiger partial charge >= 0.3 is 0 Å². The molecule has 0 aliphatic carbocycles. The van der Waals surface area contributed by atoms with E-state index in [-0.39, 0.29) is 5.91 Å². The van der Waals surface area contributed by atoms with Crippen LogP contribution in [0.15, 0.2) is 54.6 Å². The maximum Gasteiger partial charge on any atom is 0.235 e. The number of amides is 2. The van der Waals surface area contributed by atoms with Crippen molar-refractivity contribution in [1.82, 2.24) is 4.90 Å². The Hall–Kier alpha value is -2.82. The van der Waals surface area contributed by atoms with Gasteiger partial charge in [-0.05, 0) is 42.7 Å². The third kappa shape index (κ3) is 4.38. The van der Waals surface area contributed by atoms with E-state index < -0.39 is 11.8 Å². The summed E-state index contributed by atoms with van der Waals surface area (Å²) in [4.78, 5) is 25.8. The lowest BCUT2D eigenvalue weighted by Crippen LogP contribution is -2.40. The summed E-state index contributed by atoms with van der Waals surface area (Å²) in [6.07, 6.45) is 2.27. The van der Waals surface area contributed by atoms with Crippen LogP contribution in [0, 0.1) is 5.92 Å². The van der Waals surface area contributed by atoms with Gasteiger partial charge in [0.25, 0.3) is 0 Å². The van der Waals surface area contributed by atoms with E-state index in [1.165, 1.54) is 0 Å². The number of nitrogens with zero attached hydrogens (tertiary/aromatic N) is 1. The molecule has 2 aromatic rings. The summed E-state index contributed by atoms with van der Waals surface area (Å²) in [7, 11) is 0. The van der Waals surface area contributed by atoms with Gasteiger partial charge in [-0.15, -0.1) is 0 Å². The summed E-state index contributed by atoms with van der Waals surface area (Å²) in [6, 6.07) is 17.2. The molecule has 1 atom stereocenters. The van der Waals surface area contributed by atoms with Gasteiger partial charge in [0.15, 0.2) is 0 Å². The Morgan fingerprint density at radius 2 is 1.84 bits per heavy atom. The first kappa shape index (κ1) is 17.0. The molecule has 2 amide bonds. The average Bonchev–Trinajstić information content (AvgIpc) is 2.78. The molecule has 3 rings (SSSR count). The molecule has 0 unspecified atom stereocenters. The van der Waals surface area contributed by atoms with Crippen LogP contribution in [0.4, 0.5) is 0 Å². The fraction of sp³-hybridized carbons (Fsp3) is 0.300. The molecule has 130 valence electrons. The molecule has 2 aromatic carbocycles. The Morgan fingerprint density at radius 1 is 1.08 bits per heavy atom. The van der Waals surface area contributed by atoms with Gasteiger partial charge in [-0.3, -0.25) is 9.59 Å². The predicted octanol–water partition coefficient (Wildman–Crippen LogP) is 3.09. The Balaban J connectivity index is 1.72. The topological polar surface area (TPSA) is 72.6 Å². The lowest BCUT2D eigenvalue weighted by molar-refractivity contribution is -0.140. The number of carbonyl (C=O) groups excluding carboxylic acids is 2. The summed E-state index contributed by atoms with van der Waals surface area (Å²) in [5, 5.41) is 0. The first-order chi connectivity index (χ1) is 12.1. The van der Waals surface area contributed by atoms with Crippen LogP contribution in [0.25, 0.3) is 0 Å². The maximum atomic E-state index is 12.6. The highest BCUT2D eigenvalue weighted by molar-refractivity contribution is 5.99. The number of ether oxygens (including phenoxy) is 1. The highest BCUT2D eigenvalue weighted by Crippen LogP contribution is 2.24. The standard InChI is InChI=1S/C20H22N2O3/c21-19(23)18-11-4-5-12-22(20(18)24)14-15-7-6-10-17(13-15)25-16-8-2-1-3-9-16/h1-3,6-10,13,18H,4-5,11-12,14H2,(H2,21,23)/t18-/m0/s1. The van der Waals surface area contributed by atoms with Gasteiger partial charge in [0, 0.05) is 13.1 Å². The number of hydrogen-bond acceptors (Lipinski definition) is 3. The van der Waals surface area contributed by atoms with Gasteiger partial charge in [-0.1, -0.05) is 36.8 Å². The van der Waals surface area contributed by atoms with E-state index in [1.807, 2.05) is 54.6 Å². The molecule has 0 aromatic heterocycles. The highest BCUT2D eigenvalue weighted by atomic mass is 16.5. The molecule has 1 aliphatic heterocycles. The van der Waals surface area contributed by atoms with E-state index in [0.29, 0.717) is 19.5 Å². The zero-order chi connectivity index (χ0) is 17.6. The fourth-order valence-corrected chi connectivity index (χ4v) is 3.08. The molecule has 1 aliphatic rings. The van der Waals surface area contributed by atoms with Crippen molar-refractivity contribution in [1.29, 1.82) is 0 Å². The van der Waals surface area contributed by atoms with Gasteiger partial charge in [0.05, 0.1) is 0 Å². The zero-order valence-electron chi connectivity index (χ0n) is 14.1. The van der Waals surface area contributed by atoms with Crippen LogP contribution in [0.3, 0.4) is 0 Å². The number of nitrogens with two attached hydrogens (primary N) is 1. The smallest absolute Gasteiger partial charge is 0.235 e. The number of primary amides is 1. The van der Waals surface area contributed by atoms with Crippen LogP contribution in [-0.4, -0.2) is 23.3 Å². The molecule has 5 heteroatoms. The van der Waals surface area contributed by atoms with Crippen LogP contribution in [-0.2, 0) is 16.1 Å². The van der Waals surface area contributed by atoms with Crippen molar-refractivity contribution in [3.63, 3.8) is 0 Å². The Morgan fingerprint density at radius 3 is 2.60 bits per heavy atom. The van der Waals surface area contributed by atoms with Gasteiger partial charge in [0.1, 0.15) is 17.4 Å². The van der Waals surface area contributed by atoms with E-state index in [2.05, 4.69) is 0 Å². The number of hydrogen-bond donors (Lipinski definition) is 1.